The molecular weight excluding hydrogens is 378 g/mol. The summed E-state index contributed by atoms with van der Waals surface area (Å²) in [5.74, 6) is -0.573. The highest BCUT2D eigenvalue weighted by Gasteiger charge is 2.13. The molecule has 0 bridgehead atoms. The zero-order valence-electron chi connectivity index (χ0n) is 14.9. The largest absolute Gasteiger partial charge is 0.326 e. The second-order valence-electron chi connectivity index (χ2n) is 5.70. The molecule has 0 radical (unpaired) electrons. The maximum absolute atomic E-state index is 12.3. The maximum atomic E-state index is 12.3. The summed E-state index contributed by atoms with van der Waals surface area (Å²) in [5.41, 5.74) is 2.03. The molecule has 8 nitrogen and oxygen atoms in total. The van der Waals surface area contributed by atoms with E-state index in [0.29, 0.717) is 22.2 Å². The SMILES string of the molecule is CC(=O)Nc1ccc(NC(=O)c2csc(NC(=O)Nc3ccccc3)n2)cc1. The van der Waals surface area contributed by atoms with Crippen LogP contribution >= 0.6 is 11.3 Å². The molecule has 4 N–H and O–H groups in total. The number of hydrogen-bond acceptors (Lipinski definition) is 5. The molecule has 1 aromatic heterocycles. The summed E-state index contributed by atoms with van der Waals surface area (Å²) < 4.78 is 0. The van der Waals surface area contributed by atoms with Crippen molar-refractivity contribution in [1.82, 2.24) is 4.98 Å². The smallest absolute Gasteiger partial charge is 0.325 e. The van der Waals surface area contributed by atoms with E-state index in [-0.39, 0.29) is 11.6 Å². The number of carbonyl (C=O) groups excluding carboxylic acids is 3. The summed E-state index contributed by atoms with van der Waals surface area (Å²) in [6.45, 7) is 1.42. The Morgan fingerprint density at radius 3 is 2.04 bits per heavy atom. The van der Waals surface area contributed by atoms with Gasteiger partial charge in [-0.1, -0.05) is 18.2 Å². The number of benzene rings is 2. The Kier molecular flexibility index (Phi) is 5.97. The molecule has 0 unspecified atom stereocenters. The average Bonchev–Trinajstić information content (AvgIpc) is 3.12. The Bertz CT molecular complexity index is 986. The van der Waals surface area contributed by atoms with Crippen molar-refractivity contribution in [2.24, 2.45) is 0 Å². The van der Waals surface area contributed by atoms with Crippen molar-refractivity contribution in [3.05, 3.63) is 65.7 Å². The van der Waals surface area contributed by atoms with Crippen LogP contribution in [0, 0.1) is 0 Å². The van der Waals surface area contributed by atoms with Crippen LogP contribution in [-0.4, -0.2) is 22.8 Å². The summed E-state index contributed by atoms with van der Waals surface area (Å²) in [4.78, 5) is 39.4. The van der Waals surface area contributed by atoms with Gasteiger partial charge in [0.25, 0.3) is 5.91 Å². The minimum absolute atomic E-state index is 0.171. The third kappa shape index (κ3) is 5.39. The van der Waals surface area contributed by atoms with Crippen LogP contribution in [0.4, 0.5) is 27.0 Å². The molecule has 1 heterocycles. The van der Waals surface area contributed by atoms with Gasteiger partial charge in [-0.25, -0.2) is 9.78 Å². The first-order chi connectivity index (χ1) is 13.5. The second kappa shape index (κ2) is 8.78. The summed E-state index contributed by atoms with van der Waals surface area (Å²) in [6.07, 6.45) is 0. The van der Waals surface area contributed by atoms with Gasteiger partial charge < -0.3 is 16.0 Å². The molecule has 0 aliphatic carbocycles. The molecule has 28 heavy (non-hydrogen) atoms. The quantitative estimate of drug-likeness (QED) is 0.523. The lowest BCUT2D eigenvalue weighted by atomic mass is 10.2. The van der Waals surface area contributed by atoms with E-state index < -0.39 is 11.9 Å². The molecular formula is C19H17N5O3S. The number of anilines is 4. The lowest BCUT2D eigenvalue weighted by Crippen LogP contribution is -2.19. The van der Waals surface area contributed by atoms with Gasteiger partial charge in [-0.05, 0) is 36.4 Å². The number of amides is 4. The Balaban J connectivity index is 1.56. The van der Waals surface area contributed by atoms with Gasteiger partial charge in [0.2, 0.25) is 5.91 Å². The number of urea groups is 1. The molecule has 2 aromatic carbocycles. The van der Waals surface area contributed by atoms with Crippen LogP contribution < -0.4 is 21.3 Å². The van der Waals surface area contributed by atoms with Gasteiger partial charge in [0, 0.05) is 29.4 Å². The van der Waals surface area contributed by atoms with Gasteiger partial charge in [-0.3, -0.25) is 14.9 Å². The zero-order chi connectivity index (χ0) is 19.9. The molecule has 142 valence electrons. The highest BCUT2D eigenvalue weighted by molar-refractivity contribution is 7.14. The van der Waals surface area contributed by atoms with Crippen LogP contribution in [-0.2, 0) is 4.79 Å². The molecule has 0 aliphatic heterocycles. The van der Waals surface area contributed by atoms with E-state index in [9.17, 15) is 14.4 Å². The summed E-state index contributed by atoms with van der Waals surface area (Å²) in [7, 11) is 0. The van der Waals surface area contributed by atoms with Crippen molar-refractivity contribution in [2.45, 2.75) is 6.92 Å². The van der Waals surface area contributed by atoms with E-state index in [2.05, 4.69) is 26.3 Å². The van der Waals surface area contributed by atoms with Gasteiger partial charge in [-0.2, -0.15) is 0 Å². The third-order valence-corrected chi connectivity index (χ3v) is 4.21. The van der Waals surface area contributed by atoms with E-state index in [1.165, 1.54) is 6.92 Å². The number of aromatic nitrogens is 1. The van der Waals surface area contributed by atoms with Gasteiger partial charge in [-0.15, -0.1) is 11.3 Å². The Labute approximate surface area is 165 Å². The summed E-state index contributed by atoms with van der Waals surface area (Å²) in [6, 6.07) is 15.2. The molecule has 3 aromatic rings. The molecule has 0 atom stereocenters. The van der Waals surface area contributed by atoms with Gasteiger partial charge >= 0.3 is 6.03 Å². The molecule has 9 heteroatoms. The van der Waals surface area contributed by atoms with Gasteiger partial charge in [0.1, 0.15) is 5.69 Å². The van der Waals surface area contributed by atoms with E-state index in [1.54, 1.807) is 41.8 Å². The lowest BCUT2D eigenvalue weighted by Gasteiger charge is -2.06. The van der Waals surface area contributed by atoms with E-state index in [0.717, 1.165) is 11.3 Å². The first-order valence-corrected chi connectivity index (χ1v) is 9.15. The second-order valence-corrected chi connectivity index (χ2v) is 6.55. The topological polar surface area (TPSA) is 112 Å². The lowest BCUT2D eigenvalue weighted by molar-refractivity contribution is -0.114. The predicted molar refractivity (Wildman–Crippen MR) is 110 cm³/mol. The standard InChI is InChI=1S/C19H17N5O3S/c1-12(25)20-14-7-9-15(10-8-14)21-17(26)16-11-28-19(23-16)24-18(27)22-13-5-3-2-4-6-13/h2-11H,1H3,(H,20,25)(H,21,26)(H2,22,23,24,27). The minimum Gasteiger partial charge on any atom is -0.326 e. The number of nitrogens with zero attached hydrogens (tertiary/aromatic N) is 1. The number of nitrogens with one attached hydrogen (secondary N) is 4. The van der Waals surface area contributed by atoms with Crippen LogP contribution in [0.2, 0.25) is 0 Å². The molecule has 3 rings (SSSR count). The van der Waals surface area contributed by atoms with Crippen molar-refractivity contribution in [1.29, 1.82) is 0 Å². The number of rotatable bonds is 5. The van der Waals surface area contributed by atoms with Crippen molar-refractivity contribution >= 4 is 51.4 Å². The predicted octanol–water partition coefficient (Wildman–Crippen LogP) is 4.00. The first kappa shape index (κ1) is 19.1. The number of para-hydroxylation sites is 1. The van der Waals surface area contributed by atoms with Crippen LogP contribution in [0.25, 0.3) is 0 Å². The van der Waals surface area contributed by atoms with Gasteiger partial charge in [0.05, 0.1) is 0 Å². The van der Waals surface area contributed by atoms with Crippen LogP contribution in [0.1, 0.15) is 17.4 Å². The fraction of sp³-hybridized carbons (Fsp3) is 0.0526. The van der Waals surface area contributed by atoms with Crippen molar-refractivity contribution in [3.8, 4) is 0 Å². The number of thiazole rings is 1. The Hall–Kier alpha value is -3.72. The van der Waals surface area contributed by atoms with Gasteiger partial charge in [0.15, 0.2) is 5.13 Å². The fourth-order valence-corrected chi connectivity index (χ4v) is 2.94. The highest BCUT2D eigenvalue weighted by Crippen LogP contribution is 2.18. The minimum atomic E-state index is -0.443. The summed E-state index contributed by atoms with van der Waals surface area (Å²) in [5, 5.41) is 12.5. The zero-order valence-corrected chi connectivity index (χ0v) is 15.7. The number of carbonyl (C=O) groups is 3. The van der Waals surface area contributed by atoms with E-state index in [1.807, 2.05) is 18.2 Å². The summed E-state index contributed by atoms with van der Waals surface area (Å²) >= 11 is 1.15. The monoisotopic (exact) mass is 395 g/mol. The first-order valence-electron chi connectivity index (χ1n) is 8.27. The third-order valence-electron chi connectivity index (χ3n) is 3.45. The highest BCUT2D eigenvalue weighted by atomic mass is 32.1. The average molecular weight is 395 g/mol. The van der Waals surface area contributed by atoms with Crippen LogP contribution in [0.3, 0.4) is 0 Å². The Morgan fingerprint density at radius 1 is 0.786 bits per heavy atom. The normalized spacial score (nSPS) is 10.0. The van der Waals surface area contributed by atoms with Crippen LogP contribution in [0.5, 0.6) is 0 Å². The molecule has 0 spiro atoms. The van der Waals surface area contributed by atoms with E-state index >= 15 is 0 Å². The van der Waals surface area contributed by atoms with Crippen molar-refractivity contribution in [3.63, 3.8) is 0 Å². The number of hydrogen-bond donors (Lipinski definition) is 4. The molecule has 0 saturated carbocycles. The van der Waals surface area contributed by atoms with E-state index in [4.69, 9.17) is 0 Å². The Morgan fingerprint density at radius 2 is 1.39 bits per heavy atom. The van der Waals surface area contributed by atoms with Crippen LogP contribution in [0.15, 0.2) is 60.0 Å². The molecule has 0 fully saturated rings. The van der Waals surface area contributed by atoms with Crippen molar-refractivity contribution in [2.75, 3.05) is 21.3 Å². The fourth-order valence-electron chi connectivity index (χ4n) is 2.25. The van der Waals surface area contributed by atoms with Crippen molar-refractivity contribution < 1.29 is 14.4 Å². The maximum Gasteiger partial charge on any atom is 0.325 e. The molecule has 0 aliphatic rings. The molecule has 4 amide bonds. The molecule has 0 saturated heterocycles.